The molecule has 0 saturated carbocycles. The van der Waals surface area contributed by atoms with Crippen molar-refractivity contribution in [1.29, 1.82) is 0 Å². The Bertz CT molecular complexity index is 1100. The van der Waals surface area contributed by atoms with Crippen LogP contribution in [0.15, 0.2) is 65.1 Å². The highest BCUT2D eigenvalue weighted by atomic mass is 35.5. The van der Waals surface area contributed by atoms with Gasteiger partial charge in [-0.25, -0.2) is 0 Å². The first-order valence-corrected chi connectivity index (χ1v) is 11.6. The third-order valence-electron chi connectivity index (χ3n) is 5.69. The van der Waals surface area contributed by atoms with Crippen LogP contribution >= 0.6 is 23.2 Å². The Morgan fingerprint density at radius 3 is 2.27 bits per heavy atom. The van der Waals surface area contributed by atoms with Crippen molar-refractivity contribution < 1.29 is 14.0 Å². The van der Waals surface area contributed by atoms with E-state index >= 15 is 0 Å². The first-order valence-electron chi connectivity index (χ1n) is 10.8. The number of rotatable bonds is 6. The number of anilines is 1. The molecule has 0 bridgehead atoms. The molecule has 4 rings (SSSR count). The van der Waals surface area contributed by atoms with E-state index in [0.29, 0.717) is 40.3 Å². The van der Waals surface area contributed by atoms with E-state index in [0.717, 1.165) is 18.4 Å². The molecule has 0 aliphatic carbocycles. The number of nitrogens with zero attached hydrogens (tertiary/aromatic N) is 1. The highest BCUT2D eigenvalue weighted by Gasteiger charge is 2.32. The zero-order valence-corrected chi connectivity index (χ0v) is 19.7. The first-order chi connectivity index (χ1) is 15.9. The molecule has 1 aromatic heterocycles. The van der Waals surface area contributed by atoms with Crippen LogP contribution in [0.2, 0.25) is 10.0 Å². The normalized spacial score (nSPS) is 15.7. The smallest absolute Gasteiger partial charge is 0.287 e. The van der Waals surface area contributed by atoms with E-state index in [2.05, 4.69) is 15.5 Å². The minimum atomic E-state index is -0.478. The molecule has 2 heterocycles. The molecule has 1 unspecified atom stereocenters. The fourth-order valence-corrected chi connectivity index (χ4v) is 4.64. The molecule has 2 N–H and O–H groups in total. The van der Waals surface area contributed by atoms with Crippen LogP contribution in [0.25, 0.3) is 0 Å². The molecular formula is C25H25Cl2N3O3. The summed E-state index contributed by atoms with van der Waals surface area (Å²) < 4.78 is 5.41. The van der Waals surface area contributed by atoms with Crippen molar-refractivity contribution in [3.8, 4) is 0 Å². The second-order valence-electron chi connectivity index (χ2n) is 8.15. The van der Waals surface area contributed by atoms with Crippen molar-refractivity contribution in [1.82, 2.24) is 10.2 Å². The molecular weight excluding hydrogens is 461 g/mol. The Kier molecular flexibility index (Phi) is 7.38. The van der Waals surface area contributed by atoms with Crippen molar-refractivity contribution in [3.63, 3.8) is 0 Å². The van der Waals surface area contributed by atoms with Crippen LogP contribution in [0.1, 0.15) is 40.8 Å². The predicted molar refractivity (Wildman–Crippen MR) is 130 cm³/mol. The number of hydrogen-bond acceptors (Lipinski definition) is 4. The van der Waals surface area contributed by atoms with E-state index in [-0.39, 0.29) is 17.9 Å². The molecule has 8 heteroatoms. The van der Waals surface area contributed by atoms with Crippen LogP contribution in [0.3, 0.4) is 0 Å². The molecule has 2 aromatic carbocycles. The van der Waals surface area contributed by atoms with Gasteiger partial charge in [-0.15, -0.1) is 0 Å². The van der Waals surface area contributed by atoms with E-state index in [1.165, 1.54) is 0 Å². The fourth-order valence-electron chi connectivity index (χ4n) is 4.12. The Labute approximate surface area is 202 Å². The highest BCUT2D eigenvalue weighted by Crippen LogP contribution is 2.28. The summed E-state index contributed by atoms with van der Waals surface area (Å²) in [6.07, 6.45) is 1.45. The minimum Gasteiger partial charge on any atom is -0.456 e. The molecule has 1 aliphatic rings. The second kappa shape index (κ2) is 10.4. The molecule has 33 heavy (non-hydrogen) atoms. The molecule has 1 saturated heterocycles. The molecule has 2 amide bonds. The van der Waals surface area contributed by atoms with Crippen LogP contribution in [0, 0.1) is 6.92 Å². The van der Waals surface area contributed by atoms with Gasteiger partial charge in [0.25, 0.3) is 5.91 Å². The Morgan fingerprint density at radius 2 is 1.67 bits per heavy atom. The number of aryl methyl sites for hydroxylation is 1. The van der Waals surface area contributed by atoms with Crippen molar-refractivity contribution in [2.24, 2.45) is 0 Å². The number of halogens is 2. The molecule has 0 radical (unpaired) electrons. The van der Waals surface area contributed by atoms with Gasteiger partial charge < -0.3 is 15.1 Å². The van der Waals surface area contributed by atoms with E-state index in [4.69, 9.17) is 27.6 Å². The van der Waals surface area contributed by atoms with Gasteiger partial charge in [-0.05, 0) is 55.7 Å². The maximum atomic E-state index is 13.4. The van der Waals surface area contributed by atoms with E-state index in [1.54, 1.807) is 37.3 Å². The molecule has 6 nitrogen and oxygen atoms in total. The number of likely N-dealkylation sites (tertiary alicyclic amines) is 1. The van der Waals surface area contributed by atoms with E-state index < -0.39 is 6.04 Å². The van der Waals surface area contributed by atoms with Crippen LogP contribution in [0.5, 0.6) is 0 Å². The quantitative estimate of drug-likeness (QED) is 0.485. The van der Waals surface area contributed by atoms with Crippen LogP contribution in [-0.2, 0) is 4.79 Å². The lowest BCUT2D eigenvalue weighted by Gasteiger charge is -2.37. The summed E-state index contributed by atoms with van der Waals surface area (Å²) in [5, 5.41) is 6.91. The maximum Gasteiger partial charge on any atom is 0.287 e. The molecule has 172 valence electrons. The van der Waals surface area contributed by atoms with Gasteiger partial charge in [-0.1, -0.05) is 53.5 Å². The third-order valence-corrected chi connectivity index (χ3v) is 6.12. The summed E-state index contributed by atoms with van der Waals surface area (Å²) in [4.78, 5) is 27.9. The third kappa shape index (κ3) is 5.96. The van der Waals surface area contributed by atoms with Gasteiger partial charge in [0, 0.05) is 34.9 Å². The number of piperidine rings is 1. The summed E-state index contributed by atoms with van der Waals surface area (Å²) >= 11 is 12.2. The van der Waals surface area contributed by atoms with Crippen molar-refractivity contribution in [3.05, 3.63) is 87.8 Å². The minimum absolute atomic E-state index is 0.0189. The van der Waals surface area contributed by atoms with Crippen LogP contribution < -0.4 is 10.6 Å². The van der Waals surface area contributed by atoms with Crippen molar-refractivity contribution in [2.75, 3.05) is 18.4 Å². The van der Waals surface area contributed by atoms with Gasteiger partial charge in [-0.2, -0.15) is 0 Å². The summed E-state index contributed by atoms with van der Waals surface area (Å²) in [6, 6.07) is 17.6. The molecule has 1 atom stereocenters. The molecule has 1 fully saturated rings. The van der Waals surface area contributed by atoms with Gasteiger partial charge in [0.05, 0.1) is 0 Å². The van der Waals surface area contributed by atoms with Crippen molar-refractivity contribution in [2.45, 2.75) is 31.8 Å². The van der Waals surface area contributed by atoms with Gasteiger partial charge in [-0.3, -0.25) is 14.5 Å². The summed E-state index contributed by atoms with van der Waals surface area (Å²) in [6.45, 7) is 3.12. The SMILES string of the molecule is Cc1ccc(C(=O)NC2CCN(C(C(=O)Nc3cc(Cl)cc(Cl)c3)c3ccccc3)CC2)o1. The second-order valence-corrected chi connectivity index (χ2v) is 9.03. The zero-order chi connectivity index (χ0) is 23.4. The lowest BCUT2D eigenvalue weighted by molar-refractivity contribution is -0.122. The lowest BCUT2D eigenvalue weighted by atomic mass is 9.98. The Hall–Kier alpha value is -2.80. The number of furan rings is 1. The number of benzene rings is 2. The number of amides is 2. The predicted octanol–water partition coefficient (Wildman–Crippen LogP) is 5.47. The zero-order valence-electron chi connectivity index (χ0n) is 18.2. The first kappa shape index (κ1) is 23.4. The van der Waals surface area contributed by atoms with Gasteiger partial charge in [0.1, 0.15) is 11.8 Å². The average molecular weight is 486 g/mol. The van der Waals surface area contributed by atoms with E-state index in [9.17, 15) is 9.59 Å². The van der Waals surface area contributed by atoms with Crippen LogP contribution in [-0.4, -0.2) is 35.8 Å². The molecule has 1 aliphatic heterocycles. The lowest BCUT2D eigenvalue weighted by Crippen LogP contribution is -2.47. The molecule has 3 aromatic rings. The van der Waals surface area contributed by atoms with Crippen LogP contribution in [0.4, 0.5) is 5.69 Å². The van der Waals surface area contributed by atoms with E-state index in [1.807, 2.05) is 30.3 Å². The van der Waals surface area contributed by atoms with Gasteiger partial charge >= 0.3 is 0 Å². The topological polar surface area (TPSA) is 74.6 Å². The summed E-state index contributed by atoms with van der Waals surface area (Å²) in [5.41, 5.74) is 1.45. The summed E-state index contributed by atoms with van der Waals surface area (Å²) in [7, 11) is 0. The monoisotopic (exact) mass is 485 g/mol. The molecule has 0 spiro atoms. The van der Waals surface area contributed by atoms with Gasteiger partial charge in [0.15, 0.2) is 5.76 Å². The Balaban J connectivity index is 1.44. The number of carbonyl (C=O) groups is 2. The standard InChI is InChI=1S/C25H25Cl2N3O3/c1-16-7-8-22(33-16)24(31)28-20-9-11-30(12-10-20)23(17-5-3-2-4-6-17)25(32)29-21-14-18(26)13-19(27)15-21/h2-8,13-15,20,23H,9-12H2,1H3,(H,28,31)(H,29,32). The summed E-state index contributed by atoms with van der Waals surface area (Å²) in [5.74, 6) is 0.647. The Morgan fingerprint density at radius 1 is 1.00 bits per heavy atom. The highest BCUT2D eigenvalue weighted by molar-refractivity contribution is 6.35. The largest absolute Gasteiger partial charge is 0.456 e. The maximum absolute atomic E-state index is 13.4. The number of hydrogen-bond donors (Lipinski definition) is 2. The fraction of sp³-hybridized carbons (Fsp3) is 0.280. The number of nitrogens with one attached hydrogen (secondary N) is 2. The van der Waals surface area contributed by atoms with Gasteiger partial charge in [0.2, 0.25) is 5.91 Å². The van der Waals surface area contributed by atoms with Crippen molar-refractivity contribution >= 4 is 40.7 Å². The average Bonchev–Trinajstić information content (AvgIpc) is 3.22. The number of carbonyl (C=O) groups excluding carboxylic acids is 2.